The summed E-state index contributed by atoms with van der Waals surface area (Å²) in [6.07, 6.45) is 4.19. The predicted molar refractivity (Wildman–Crippen MR) is 46.8 cm³/mol. The van der Waals surface area contributed by atoms with E-state index in [1.165, 1.54) is 0 Å². The Morgan fingerprint density at radius 1 is 1.67 bits per heavy atom. The minimum atomic E-state index is -0.723. The van der Waals surface area contributed by atoms with Gasteiger partial charge in [-0.3, -0.25) is 4.79 Å². The van der Waals surface area contributed by atoms with Crippen LogP contribution in [0, 0.1) is 11.3 Å². The Morgan fingerprint density at radius 3 is 2.33 bits per heavy atom. The van der Waals surface area contributed by atoms with Crippen LogP contribution < -0.4 is 5.73 Å². The van der Waals surface area contributed by atoms with E-state index < -0.39 is 5.97 Å². The van der Waals surface area contributed by atoms with Crippen LogP contribution in [0.5, 0.6) is 0 Å². The van der Waals surface area contributed by atoms with E-state index in [0.29, 0.717) is 0 Å². The van der Waals surface area contributed by atoms with E-state index in [9.17, 15) is 4.79 Å². The molecule has 0 heterocycles. The van der Waals surface area contributed by atoms with Crippen LogP contribution >= 0.6 is 0 Å². The van der Waals surface area contributed by atoms with Crippen molar-refractivity contribution in [2.75, 3.05) is 6.54 Å². The molecule has 0 aromatic heterocycles. The minimum absolute atomic E-state index is 0.0284. The van der Waals surface area contributed by atoms with Crippen molar-refractivity contribution in [1.82, 2.24) is 0 Å². The molecule has 0 bridgehead atoms. The zero-order valence-electron chi connectivity index (χ0n) is 7.55. The Bertz CT molecular complexity index is 170. The van der Waals surface area contributed by atoms with E-state index in [0.717, 1.165) is 25.7 Å². The van der Waals surface area contributed by atoms with E-state index in [1.807, 2.05) is 0 Å². The van der Waals surface area contributed by atoms with Crippen molar-refractivity contribution < 1.29 is 9.90 Å². The monoisotopic (exact) mass is 171 g/mol. The molecule has 0 saturated heterocycles. The Balaban J connectivity index is 2.68. The maximum Gasteiger partial charge on any atom is 0.308 e. The van der Waals surface area contributed by atoms with E-state index in [4.69, 9.17) is 10.8 Å². The molecule has 1 aliphatic carbocycles. The van der Waals surface area contributed by atoms with Crippen LogP contribution in [0.3, 0.4) is 0 Å². The highest BCUT2D eigenvalue weighted by atomic mass is 16.4. The van der Waals surface area contributed by atoms with Gasteiger partial charge >= 0.3 is 5.97 Å². The van der Waals surface area contributed by atoms with Crippen molar-refractivity contribution in [2.45, 2.75) is 32.6 Å². The zero-order chi connectivity index (χ0) is 9.19. The third kappa shape index (κ3) is 1.33. The van der Waals surface area contributed by atoms with Crippen molar-refractivity contribution >= 4 is 5.97 Å². The van der Waals surface area contributed by atoms with Gasteiger partial charge in [0.1, 0.15) is 0 Å². The molecule has 3 nitrogen and oxygen atoms in total. The van der Waals surface area contributed by atoms with Gasteiger partial charge in [-0.1, -0.05) is 13.3 Å². The summed E-state index contributed by atoms with van der Waals surface area (Å²) < 4.78 is 0. The van der Waals surface area contributed by atoms with Gasteiger partial charge in [0.2, 0.25) is 0 Å². The Kier molecular flexibility index (Phi) is 2.73. The lowest BCUT2D eigenvalue weighted by molar-refractivity contribution is -0.149. The predicted octanol–water partition coefficient (Wildman–Crippen LogP) is 1.23. The fourth-order valence-corrected chi connectivity index (χ4v) is 2.19. The van der Waals surface area contributed by atoms with E-state index in [1.54, 1.807) is 0 Å². The molecule has 0 aromatic rings. The van der Waals surface area contributed by atoms with Crippen molar-refractivity contribution in [3.8, 4) is 0 Å². The molecule has 0 aromatic carbocycles. The molecule has 0 aliphatic heterocycles. The average Bonchev–Trinajstić information content (AvgIpc) is 1.95. The summed E-state index contributed by atoms with van der Waals surface area (Å²) in [4.78, 5) is 10.8. The molecule has 12 heavy (non-hydrogen) atoms. The van der Waals surface area contributed by atoms with Gasteiger partial charge in [-0.05, 0) is 24.7 Å². The van der Waals surface area contributed by atoms with Crippen LogP contribution in [0.2, 0.25) is 0 Å². The zero-order valence-corrected chi connectivity index (χ0v) is 7.55. The van der Waals surface area contributed by atoms with Crippen molar-refractivity contribution in [3.05, 3.63) is 0 Å². The maximum atomic E-state index is 10.8. The van der Waals surface area contributed by atoms with Gasteiger partial charge in [-0.25, -0.2) is 0 Å². The number of nitrogens with two attached hydrogens (primary N) is 1. The third-order valence-corrected chi connectivity index (χ3v) is 3.33. The number of hydrogen-bond acceptors (Lipinski definition) is 2. The third-order valence-electron chi connectivity index (χ3n) is 3.33. The number of carboxylic acids is 1. The van der Waals surface area contributed by atoms with Gasteiger partial charge in [0, 0.05) is 6.54 Å². The van der Waals surface area contributed by atoms with Gasteiger partial charge < -0.3 is 10.8 Å². The summed E-state index contributed by atoms with van der Waals surface area (Å²) in [6, 6.07) is 0. The lowest BCUT2D eigenvalue weighted by Gasteiger charge is -2.45. The molecule has 1 saturated carbocycles. The highest BCUT2D eigenvalue weighted by Gasteiger charge is 2.45. The van der Waals surface area contributed by atoms with Crippen LogP contribution in [0.4, 0.5) is 0 Å². The van der Waals surface area contributed by atoms with Crippen molar-refractivity contribution in [1.29, 1.82) is 0 Å². The van der Waals surface area contributed by atoms with Gasteiger partial charge in [0.25, 0.3) is 0 Å². The van der Waals surface area contributed by atoms with Crippen molar-refractivity contribution in [2.24, 2.45) is 17.1 Å². The number of carbonyl (C=O) groups is 1. The largest absolute Gasteiger partial charge is 0.481 e. The van der Waals surface area contributed by atoms with E-state index in [-0.39, 0.29) is 17.9 Å². The SMILES string of the molecule is CCC1(C(CN)C(=O)O)CCC1. The molecule has 0 spiro atoms. The molecular formula is C9H17NO2. The fourth-order valence-electron chi connectivity index (χ4n) is 2.19. The van der Waals surface area contributed by atoms with E-state index in [2.05, 4.69) is 6.92 Å². The average molecular weight is 171 g/mol. The van der Waals surface area contributed by atoms with Crippen molar-refractivity contribution in [3.63, 3.8) is 0 Å². The first-order chi connectivity index (χ1) is 5.66. The Labute approximate surface area is 72.9 Å². The van der Waals surface area contributed by atoms with Gasteiger partial charge in [-0.2, -0.15) is 0 Å². The fraction of sp³-hybridized carbons (Fsp3) is 0.889. The number of aliphatic carboxylic acids is 1. The van der Waals surface area contributed by atoms with Gasteiger partial charge in [0.15, 0.2) is 0 Å². The first kappa shape index (κ1) is 9.52. The van der Waals surface area contributed by atoms with Crippen LogP contribution in [-0.2, 0) is 4.79 Å². The molecule has 1 fully saturated rings. The highest BCUT2D eigenvalue weighted by molar-refractivity contribution is 5.71. The first-order valence-corrected chi connectivity index (χ1v) is 4.59. The first-order valence-electron chi connectivity index (χ1n) is 4.59. The summed E-state index contributed by atoms with van der Waals surface area (Å²) in [6.45, 7) is 2.34. The Morgan fingerprint density at radius 2 is 2.25 bits per heavy atom. The molecule has 3 N–H and O–H groups in total. The summed E-state index contributed by atoms with van der Waals surface area (Å²) in [7, 11) is 0. The molecule has 1 rings (SSSR count). The summed E-state index contributed by atoms with van der Waals surface area (Å²) in [5, 5.41) is 8.92. The molecular weight excluding hydrogens is 154 g/mol. The molecule has 1 atom stereocenters. The second-order valence-electron chi connectivity index (χ2n) is 3.70. The van der Waals surface area contributed by atoms with Gasteiger partial charge in [0.05, 0.1) is 5.92 Å². The van der Waals surface area contributed by atoms with Gasteiger partial charge in [-0.15, -0.1) is 0 Å². The maximum absolute atomic E-state index is 10.8. The standard InChI is InChI=1S/C9H17NO2/c1-2-9(4-3-5-9)7(6-10)8(11)12/h7H,2-6,10H2,1H3,(H,11,12). The number of carboxylic acid groups (broad SMARTS) is 1. The second kappa shape index (κ2) is 3.44. The van der Waals surface area contributed by atoms with Crippen LogP contribution in [0.1, 0.15) is 32.6 Å². The quantitative estimate of drug-likeness (QED) is 0.668. The normalized spacial score (nSPS) is 22.8. The smallest absolute Gasteiger partial charge is 0.308 e. The molecule has 1 aliphatic rings. The minimum Gasteiger partial charge on any atom is -0.481 e. The lowest BCUT2D eigenvalue weighted by Crippen LogP contribution is -2.44. The topological polar surface area (TPSA) is 63.3 Å². The highest BCUT2D eigenvalue weighted by Crippen LogP contribution is 2.49. The summed E-state index contributed by atoms with van der Waals surface area (Å²) in [5.41, 5.74) is 5.49. The molecule has 70 valence electrons. The van der Waals surface area contributed by atoms with Crippen LogP contribution in [-0.4, -0.2) is 17.6 Å². The molecule has 0 radical (unpaired) electrons. The lowest BCUT2D eigenvalue weighted by atomic mass is 9.59. The van der Waals surface area contributed by atoms with Crippen LogP contribution in [0.25, 0.3) is 0 Å². The number of hydrogen-bond donors (Lipinski definition) is 2. The molecule has 0 amide bonds. The van der Waals surface area contributed by atoms with E-state index >= 15 is 0 Å². The Hall–Kier alpha value is -0.570. The van der Waals surface area contributed by atoms with Crippen LogP contribution in [0.15, 0.2) is 0 Å². The summed E-state index contributed by atoms with van der Waals surface area (Å²) >= 11 is 0. The number of rotatable bonds is 4. The summed E-state index contributed by atoms with van der Waals surface area (Å²) in [5.74, 6) is -1.05. The molecule has 3 heteroatoms. The second-order valence-corrected chi connectivity index (χ2v) is 3.70. The molecule has 1 unspecified atom stereocenters.